The lowest BCUT2D eigenvalue weighted by molar-refractivity contribution is -0.920. The fourth-order valence-electron chi connectivity index (χ4n) is 4.69. The van der Waals surface area contributed by atoms with Crippen LogP contribution in [-0.4, -0.2) is 34.8 Å². The van der Waals surface area contributed by atoms with Crippen LogP contribution in [0.2, 0.25) is 5.02 Å². The van der Waals surface area contributed by atoms with Gasteiger partial charge in [0.15, 0.2) is 0 Å². The van der Waals surface area contributed by atoms with Crippen molar-refractivity contribution in [3.05, 3.63) is 68.3 Å². The van der Waals surface area contributed by atoms with E-state index in [2.05, 4.69) is 34.9 Å². The van der Waals surface area contributed by atoms with Crippen molar-refractivity contribution < 1.29 is 9.69 Å². The van der Waals surface area contributed by atoms with E-state index in [-0.39, 0.29) is 11.9 Å². The Morgan fingerprint density at radius 2 is 1.97 bits per heavy atom. The highest BCUT2D eigenvalue weighted by atomic mass is 35.5. The summed E-state index contributed by atoms with van der Waals surface area (Å²) in [5.41, 5.74) is 1.85. The van der Waals surface area contributed by atoms with E-state index in [9.17, 15) is 4.79 Å². The Morgan fingerprint density at radius 3 is 2.66 bits per heavy atom. The van der Waals surface area contributed by atoms with Gasteiger partial charge in [-0.3, -0.25) is 4.79 Å². The molecule has 5 rings (SSSR count). The third kappa shape index (κ3) is 4.10. The van der Waals surface area contributed by atoms with Crippen molar-refractivity contribution in [2.75, 3.05) is 13.1 Å². The van der Waals surface area contributed by atoms with E-state index in [1.807, 2.05) is 41.9 Å². The average Bonchev–Trinajstić information content (AvgIpc) is 3.56. The van der Waals surface area contributed by atoms with Crippen LogP contribution in [0, 0.1) is 6.92 Å². The highest BCUT2D eigenvalue weighted by Crippen LogP contribution is 2.31. The van der Waals surface area contributed by atoms with E-state index in [4.69, 9.17) is 11.6 Å². The zero-order valence-corrected chi connectivity index (χ0v) is 20.5. The minimum absolute atomic E-state index is 0.0130. The number of quaternary nitrogens is 1. The average molecular weight is 486 g/mol. The summed E-state index contributed by atoms with van der Waals surface area (Å²) in [5.74, 6) is -0.0130. The molecule has 5 nitrogen and oxygen atoms in total. The van der Waals surface area contributed by atoms with Gasteiger partial charge < -0.3 is 10.2 Å². The summed E-state index contributed by atoms with van der Waals surface area (Å²) in [6.07, 6.45) is 2.52. The monoisotopic (exact) mass is 485 g/mol. The summed E-state index contributed by atoms with van der Waals surface area (Å²) in [5, 5.41) is 11.8. The molecule has 3 aromatic heterocycles. The van der Waals surface area contributed by atoms with E-state index in [0.29, 0.717) is 11.1 Å². The van der Waals surface area contributed by atoms with Crippen LogP contribution in [0.15, 0.2) is 47.8 Å². The normalized spacial score (nSPS) is 16.5. The molecule has 0 bridgehead atoms. The zero-order chi connectivity index (χ0) is 22.2. The number of aryl methyl sites for hydroxylation is 1. The van der Waals surface area contributed by atoms with Crippen LogP contribution >= 0.6 is 34.3 Å². The van der Waals surface area contributed by atoms with Crippen molar-refractivity contribution in [2.45, 2.75) is 38.8 Å². The van der Waals surface area contributed by atoms with Gasteiger partial charge in [0.2, 0.25) is 0 Å². The fourth-order valence-corrected chi connectivity index (χ4v) is 6.89. The molecule has 0 radical (unpaired) electrons. The lowest BCUT2D eigenvalue weighted by Gasteiger charge is -2.29. The molecular formula is C24H26ClN4OS2+. The number of hydrogen-bond donors (Lipinski definition) is 2. The Bertz CT molecular complexity index is 1220. The van der Waals surface area contributed by atoms with Gasteiger partial charge in [0.05, 0.1) is 40.3 Å². The first-order valence-corrected chi connectivity index (χ1v) is 13.0. The van der Waals surface area contributed by atoms with Gasteiger partial charge in [-0.1, -0.05) is 17.7 Å². The number of halogens is 1. The third-order valence-electron chi connectivity index (χ3n) is 6.23. The number of fused-ring (bicyclic) bond motifs is 1. The van der Waals surface area contributed by atoms with E-state index in [0.717, 1.165) is 26.5 Å². The van der Waals surface area contributed by atoms with Crippen LogP contribution in [0.25, 0.3) is 15.9 Å². The SMILES string of the molecule is Cc1nn(-c2ccc(Cl)cc2)c2sc(C(=O)N[C@H](C)[C@H](c3cccs3)[NH+]3CCCC3)cc12. The number of rotatable bonds is 6. The quantitative estimate of drug-likeness (QED) is 0.417. The number of nitrogens with one attached hydrogen (secondary N) is 2. The largest absolute Gasteiger partial charge is 0.342 e. The molecule has 1 aliphatic heterocycles. The Labute approximate surface area is 200 Å². The molecule has 2 atom stereocenters. The molecule has 1 aliphatic rings. The smallest absolute Gasteiger partial charge is 0.261 e. The zero-order valence-electron chi connectivity index (χ0n) is 18.1. The molecule has 1 saturated heterocycles. The molecule has 4 aromatic rings. The lowest BCUT2D eigenvalue weighted by Crippen LogP contribution is -3.11. The molecule has 166 valence electrons. The predicted molar refractivity (Wildman–Crippen MR) is 133 cm³/mol. The first-order chi connectivity index (χ1) is 15.5. The second-order valence-electron chi connectivity index (χ2n) is 8.42. The molecule has 32 heavy (non-hydrogen) atoms. The summed E-state index contributed by atoms with van der Waals surface area (Å²) in [7, 11) is 0. The number of nitrogens with zero attached hydrogens (tertiary/aromatic N) is 2. The number of thiophene rings is 2. The Kier molecular flexibility index (Phi) is 6.07. The van der Waals surface area contributed by atoms with Crippen LogP contribution in [-0.2, 0) is 0 Å². The number of aromatic nitrogens is 2. The van der Waals surface area contributed by atoms with Gasteiger partial charge in [-0.15, -0.1) is 22.7 Å². The first-order valence-electron chi connectivity index (χ1n) is 10.9. The minimum atomic E-state index is -0.0130. The van der Waals surface area contributed by atoms with Crippen LogP contribution in [0.3, 0.4) is 0 Å². The molecule has 1 fully saturated rings. The second kappa shape index (κ2) is 8.98. The number of likely N-dealkylation sites (tertiary alicyclic amines) is 1. The molecule has 8 heteroatoms. The van der Waals surface area contributed by atoms with Crippen LogP contribution < -0.4 is 10.2 Å². The summed E-state index contributed by atoms with van der Waals surface area (Å²) < 4.78 is 1.90. The van der Waals surface area contributed by atoms with Crippen molar-refractivity contribution in [1.82, 2.24) is 15.1 Å². The van der Waals surface area contributed by atoms with Crippen LogP contribution in [0.4, 0.5) is 0 Å². The summed E-state index contributed by atoms with van der Waals surface area (Å²) in [4.78, 5) is 17.9. The van der Waals surface area contributed by atoms with Crippen molar-refractivity contribution in [1.29, 1.82) is 0 Å². The Balaban J connectivity index is 1.41. The second-order valence-corrected chi connectivity index (χ2v) is 10.9. The molecule has 1 amide bonds. The predicted octanol–water partition coefficient (Wildman–Crippen LogP) is 4.65. The molecule has 2 N–H and O–H groups in total. The van der Waals surface area contributed by atoms with Gasteiger partial charge in [-0.2, -0.15) is 5.10 Å². The molecule has 4 heterocycles. The highest BCUT2D eigenvalue weighted by Gasteiger charge is 2.34. The van der Waals surface area contributed by atoms with Gasteiger partial charge in [0.1, 0.15) is 10.9 Å². The Hall–Kier alpha value is -2.19. The molecule has 0 saturated carbocycles. The minimum Gasteiger partial charge on any atom is -0.342 e. The summed E-state index contributed by atoms with van der Waals surface area (Å²) in [6, 6.07) is 14.2. The van der Waals surface area contributed by atoms with Crippen LogP contribution in [0.5, 0.6) is 0 Å². The molecular weight excluding hydrogens is 460 g/mol. The number of amides is 1. The van der Waals surface area contributed by atoms with Gasteiger partial charge >= 0.3 is 0 Å². The van der Waals surface area contributed by atoms with Gasteiger partial charge in [0.25, 0.3) is 5.91 Å². The lowest BCUT2D eigenvalue weighted by atomic mass is 10.1. The molecule has 1 aromatic carbocycles. The molecule has 0 unspecified atom stereocenters. The maximum absolute atomic E-state index is 13.3. The van der Waals surface area contributed by atoms with E-state index in [1.54, 1.807) is 16.2 Å². The van der Waals surface area contributed by atoms with Crippen molar-refractivity contribution in [2.24, 2.45) is 0 Å². The van der Waals surface area contributed by atoms with Gasteiger partial charge in [-0.05, 0) is 55.6 Å². The maximum Gasteiger partial charge on any atom is 0.261 e. The maximum atomic E-state index is 13.3. The number of carbonyl (C=O) groups excluding carboxylic acids is 1. The third-order valence-corrected chi connectivity index (χ3v) is 8.55. The summed E-state index contributed by atoms with van der Waals surface area (Å²) >= 11 is 9.32. The number of carbonyl (C=O) groups is 1. The van der Waals surface area contributed by atoms with Crippen molar-refractivity contribution in [3.8, 4) is 5.69 Å². The Morgan fingerprint density at radius 1 is 1.22 bits per heavy atom. The number of benzene rings is 1. The summed E-state index contributed by atoms with van der Waals surface area (Å²) in [6.45, 7) is 6.46. The van der Waals surface area contributed by atoms with Gasteiger partial charge in [0, 0.05) is 23.3 Å². The first kappa shape index (κ1) is 21.6. The molecule has 0 spiro atoms. The standard InChI is InChI=1S/C24H25ClN4OS2/c1-15-19-14-21(32-24(19)29(27-15)18-9-7-17(25)8-10-18)23(30)26-16(2)22(20-6-5-13-31-20)28-11-3-4-12-28/h5-10,13-14,16,22H,3-4,11-12H2,1-2H3,(H,26,30)/p+1/t16-,22-/m1/s1. The van der Waals surface area contributed by atoms with Gasteiger partial charge in [-0.25, -0.2) is 4.68 Å². The van der Waals surface area contributed by atoms with Crippen molar-refractivity contribution in [3.63, 3.8) is 0 Å². The van der Waals surface area contributed by atoms with Crippen LogP contribution in [0.1, 0.15) is 46.0 Å². The van der Waals surface area contributed by atoms with E-state index < -0.39 is 0 Å². The van der Waals surface area contributed by atoms with Crippen molar-refractivity contribution >= 4 is 50.4 Å². The number of hydrogen-bond acceptors (Lipinski definition) is 4. The highest BCUT2D eigenvalue weighted by molar-refractivity contribution is 7.20. The van der Waals surface area contributed by atoms with E-state index >= 15 is 0 Å². The molecule has 0 aliphatic carbocycles. The topological polar surface area (TPSA) is 51.4 Å². The fraction of sp³-hybridized carbons (Fsp3) is 0.333. The van der Waals surface area contributed by atoms with E-state index in [1.165, 1.54) is 42.1 Å².